The minimum absolute atomic E-state index is 0.111. The number of carbonyl (C=O) groups excluding carboxylic acids is 1. The molecule has 5 N–H and O–H groups in total. The molecule has 19 heavy (non-hydrogen) atoms. The summed E-state index contributed by atoms with van der Waals surface area (Å²) in [6.45, 7) is 0. The molecular weight excluding hydrogens is 262 g/mol. The lowest BCUT2D eigenvalue weighted by Gasteiger charge is -1.99. The second-order valence-corrected chi connectivity index (χ2v) is 5.09. The van der Waals surface area contributed by atoms with Gasteiger partial charge in [0.05, 0.1) is 5.75 Å². The molecule has 0 spiro atoms. The number of hydrogen-bond acceptors (Lipinski definition) is 3. The van der Waals surface area contributed by atoms with Crippen molar-refractivity contribution in [3.05, 3.63) is 52.3 Å². The maximum atomic E-state index is 11.8. The van der Waals surface area contributed by atoms with E-state index in [-0.39, 0.29) is 11.3 Å². The van der Waals surface area contributed by atoms with Crippen LogP contribution in [0.3, 0.4) is 0 Å². The van der Waals surface area contributed by atoms with Crippen molar-refractivity contribution in [3.63, 3.8) is 0 Å². The summed E-state index contributed by atoms with van der Waals surface area (Å²) in [7, 11) is 0. The standard InChI is InChI=1S/C13H13N3O2S/c14-11-7-12(18)16-13(15-11)19-8-10(17)6-9-4-2-1-3-5-9/h1-5,7H,6,8H2,(H3,14,15,16,18)/p+2. The van der Waals surface area contributed by atoms with Crippen molar-refractivity contribution < 1.29 is 15.5 Å². The maximum Gasteiger partial charge on any atom is 0.342 e. The Morgan fingerprint density at radius 3 is 2.74 bits per heavy atom. The number of carbonyl (C=O) groups is 1. The van der Waals surface area contributed by atoms with Crippen LogP contribution in [0.15, 0.2) is 46.3 Å². The van der Waals surface area contributed by atoms with Gasteiger partial charge in [-0.2, -0.15) is 4.98 Å². The Hall–Kier alpha value is -1.92. The molecule has 0 radical (unpaired) electrons. The summed E-state index contributed by atoms with van der Waals surface area (Å²) >= 11 is 1.28. The number of benzene rings is 1. The van der Waals surface area contributed by atoms with Crippen molar-refractivity contribution in [1.82, 2.24) is 4.98 Å². The number of hydrogen-bond donors (Lipinski definition) is 2. The Balaban J connectivity index is 1.92. The monoisotopic (exact) mass is 277 g/mol. The molecule has 98 valence electrons. The molecule has 0 saturated heterocycles. The molecule has 0 aliphatic rings. The molecule has 2 aromatic rings. The highest BCUT2D eigenvalue weighted by molar-refractivity contribution is 7.99. The van der Waals surface area contributed by atoms with Gasteiger partial charge in [0, 0.05) is 6.42 Å². The van der Waals surface area contributed by atoms with Crippen LogP contribution < -0.4 is 16.3 Å². The first-order valence-corrected chi connectivity index (χ1v) is 6.79. The van der Waals surface area contributed by atoms with Crippen LogP contribution in [0, 0.1) is 0 Å². The van der Waals surface area contributed by atoms with Gasteiger partial charge in [-0.1, -0.05) is 30.3 Å². The topological polar surface area (TPSA) is 91.7 Å². The molecule has 1 aromatic heterocycles. The Kier molecular flexibility index (Phi) is 4.48. The lowest BCUT2D eigenvalue weighted by atomic mass is 10.1. The van der Waals surface area contributed by atoms with Crippen LogP contribution in [0.5, 0.6) is 0 Å². The molecule has 0 aliphatic carbocycles. The highest BCUT2D eigenvalue weighted by atomic mass is 32.2. The zero-order chi connectivity index (χ0) is 13.7. The van der Waals surface area contributed by atoms with Crippen molar-refractivity contribution in [2.24, 2.45) is 0 Å². The van der Waals surface area contributed by atoms with E-state index in [1.807, 2.05) is 30.3 Å². The molecule has 0 atom stereocenters. The average molecular weight is 277 g/mol. The number of Topliss-reactive ketones (excluding diaryl/α,β-unsaturated/α-hetero) is 1. The molecule has 1 aromatic carbocycles. The summed E-state index contributed by atoms with van der Waals surface area (Å²) in [5.41, 5.74) is 4.44. The summed E-state index contributed by atoms with van der Waals surface area (Å²) in [5.74, 6) is 0.951. The molecular formula is C13H15N3O2S+2. The summed E-state index contributed by atoms with van der Waals surface area (Å²) in [4.78, 5) is 28.6. The van der Waals surface area contributed by atoms with Crippen LogP contribution in [0.4, 0.5) is 5.82 Å². The number of H-pyrrole nitrogens is 2. The fraction of sp³-hybridized carbons (Fsp3) is 0.154. The van der Waals surface area contributed by atoms with E-state index in [9.17, 15) is 9.59 Å². The van der Waals surface area contributed by atoms with Crippen molar-refractivity contribution in [3.8, 4) is 0 Å². The van der Waals surface area contributed by atoms with E-state index in [2.05, 4.69) is 15.7 Å². The molecule has 0 fully saturated rings. The van der Waals surface area contributed by atoms with Crippen LogP contribution >= 0.6 is 11.8 Å². The molecule has 1 heterocycles. The van der Waals surface area contributed by atoms with Gasteiger partial charge in [-0.15, -0.1) is 0 Å². The van der Waals surface area contributed by atoms with Crippen LogP contribution in [0.2, 0.25) is 0 Å². The summed E-state index contributed by atoms with van der Waals surface area (Å²) in [6.07, 6.45) is 0.405. The molecule has 0 aliphatic heterocycles. The predicted octanol–water partition coefficient (Wildman–Crippen LogP) is -0.0337. The highest BCUT2D eigenvalue weighted by Gasteiger charge is 2.11. The normalized spacial score (nSPS) is 10.4. The highest BCUT2D eigenvalue weighted by Crippen LogP contribution is 2.10. The van der Waals surface area contributed by atoms with Crippen molar-refractivity contribution in [2.45, 2.75) is 11.6 Å². The van der Waals surface area contributed by atoms with Crippen molar-refractivity contribution in [2.75, 3.05) is 5.75 Å². The molecule has 2 rings (SSSR count). The lowest BCUT2D eigenvalue weighted by Crippen LogP contribution is -2.48. The third-order valence-corrected chi connectivity index (χ3v) is 3.40. The van der Waals surface area contributed by atoms with Crippen molar-refractivity contribution >= 4 is 23.4 Å². The number of nitrogens with one attached hydrogen (secondary N) is 2. The Morgan fingerprint density at radius 2 is 2.05 bits per heavy atom. The molecule has 0 bridgehead atoms. The van der Waals surface area contributed by atoms with E-state index in [1.54, 1.807) is 0 Å². The second kappa shape index (κ2) is 6.31. The Labute approximate surface area is 114 Å². The smallest absolute Gasteiger partial charge is 0.298 e. The Bertz CT molecular complexity index is 625. The third kappa shape index (κ3) is 4.35. The van der Waals surface area contributed by atoms with E-state index >= 15 is 0 Å². The summed E-state index contributed by atoms with van der Waals surface area (Å²) in [6, 6.07) is 11.0. The zero-order valence-electron chi connectivity index (χ0n) is 10.3. The van der Waals surface area contributed by atoms with Gasteiger partial charge in [-0.3, -0.25) is 10.5 Å². The van der Waals surface area contributed by atoms with Gasteiger partial charge < -0.3 is 0 Å². The first-order chi connectivity index (χ1) is 9.13. The molecule has 5 nitrogen and oxygen atoms in total. The summed E-state index contributed by atoms with van der Waals surface area (Å²) < 4.78 is 0. The van der Waals surface area contributed by atoms with Gasteiger partial charge in [0.25, 0.3) is 5.82 Å². The fourth-order valence-electron chi connectivity index (χ4n) is 1.62. The van der Waals surface area contributed by atoms with E-state index < -0.39 is 0 Å². The largest absolute Gasteiger partial charge is 0.342 e. The number of quaternary nitrogens is 1. The number of aromatic amines is 2. The Morgan fingerprint density at radius 1 is 1.32 bits per heavy atom. The van der Waals surface area contributed by atoms with E-state index in [0.29, 0.717) is 23.1 Å². The number of thioether (sulfide) groups is 1. The van der Waals surface area contributed by atoms with E-state index in [1.165, 1.54) is 17.8 Å². The van der Waals surface area contributed by atoms with Gasteiger partial charge >= 0.3 is 10.7 Å². The van der Waals surface area contributed by atoms with Gasteiger partial charge in [0.15, 0.2) is 0 Å². The average Bonchev–Trinajstić information content (AvgIpc) is 2.36. The van der Waals surface area contributed by atoms with Crippen LogP contribution in [-0.4, -0.2) is 16.5 Å². The van der Waals surface area contributed by atoms with Gasteiger partial charge in [0.1, 0.15) is 11.8 Å². The molecule has 0 unspecified atom stereocenters. The predicted molar refractivity (Wildman–Crippen MR) is 72.0 cm³/mol. The van der Waals surface area contributed by atoms with Gasteiger partial charge in [-0.05, 0) is 17.3 Å². The lowest BCUT2D eigenvalue weighted by molar-refractivity contribution is -0.512. The second-order valence-electron chi connectivity index (χ2n) is 4.10. The molecule has 0 saturated carbocycles. The van der Waals surface area contributed by atoms with Crippen molar-refractivity contribution in [1.29, 1.82) is 0 Å². The SMILES string of the molecule is [NH3+]c1cc(=O)[nH]c(SCC(=O)Cc2ccccc2)[nH+]1. The summed E-state index contributed by atoms with van der Waals surface area (Å²) in [5, 5.41) is 0.555. The number of rotatable bonds is 5. The van der Waals surface area contributed by atoms with E-state index in [4.69, 9.17) is 0 Å². The van der Waals surface area contributed by atoms with Gasteiger partial charge in [0.2, 0.25) is 0 Å². The minimum atomic E-state index is -0.221. The fourth-order valence-corrected chi connectivity index (χ4v) is 2.40. The molecule has 6 heteroatoms. The number of ketones is 1. The molecule has 0 amide bonds. The van der Waals surface area contributed by atoms with E-state index in [0.717, 1.165) is 5.56 Å². The van der Waals surface area contributed by atoms with Crippen LogP contribution in [-0.2, 0) is 11.2 Å². The van der Waals surface area contributed by atoms with Gasteiger partial charge in [-0.25, -0.2) is 9.78 Å². The van der Waals surface area contributed by atoms with Crippen LogP contribution in [0.25, 0.3) is 0 Å². The third-order valence-electron chi connectivity index (χ3n) is 2.44. The maximum absolute atomic E-state index is 11.8. The first-order valence-electron chi connectivity index (χ1n) is 5.80. The zero-order valence-corrected chi connectivity index (χ0v) is 11.1. The quantitative estimate of drug-likeness (QED) is 0.593. The number of aromatic nitrogens is 2. The first kappa shape index (κ1) is 13.5. The van der Waals surface area contributed by atoms with Crippen LogP contribution in [0.1, 0.15) is 5.56 Å². The minimum Gasteiger partial charge on any atom is -0.298 e.